The molecule has 4 heteroatoms. The van der Waals surface area contributed by atoms with E-state index in [1.807, 2.05) is 13.8 Å². The van der Waals surface area contributed by atoms with Gasteiger partial charge in [-0.3, -0.25) is 4.79 Å². The minimum Gasteiger partial charge on any atom is -0.467 e. The van der Waals surface area contributed by atoms with Crippen LogP contribution in [0.15, 0.2) is 34.5 Å². The van der Waals surface area contributed by atoms with Crippen molar-refractivity contribution in [3.8, 4) is 0 Å². The Morgan fingerprint density at radius 3 is 2.75 bits per heavy atom. The molecule has 0 spiro atoms. The third kappa shape index (κ3) is 2.80. The number of aliphatic hydroxyl groups excluding tert-OH is 1. The zero-order chi connectivity index (χ0) is 14.9. The van der Waals surface area contributed by atoms with E-state index in [1.165, 1.54) is 11.8 Å². The number of carbonyl (C=O) groups is 1. The second-order valence-corrected chi connectivity index (χ2v) is 6.33. The molecule has 1 aromatic rings. The lowest BCUT2D eigenvalue weighted by molar-refractivity contribution is -0.124. The minimum atomic E-state index is -0.471. The fourth-order valence-corrected chi connectivity index (χ4v) is 2.81. The van der Waals surface area contributed by atoms with Crippen LogP contribution in [0.5, 0.6) is 0 Å². The Bertz CT molecular complexity index is 498. The third-order valence-corrected chi connectivity index (χ3v) is 4.09. The monoisotopic (exact) mass is 277 g/mol. The Morgan fingerprint density at radius 2 is 2.25 bits per heavy atom. The van der Waals surface area contributed by atoms with Crippen LogP contribution in [0.2, 0.25) is 0 Å². The van der Waals surface area contributed by atoms with E-state index in [2.05, 4.69) is 25.2 Å². The van der Waals surface area contributed by atoms with E-state index < -0.39 is 6.04 Å². The van der Waals surface area contributed by atoms with E-state index in [9.17, 15) is 9.90 Å². The van der Waals surface area contributed by atoms with Crippen molar-refractivity contribution >= 4 is 5.91 Å². The Morgan fingerprint density at radius 1 is 1.55 bits per heavy atom. The highest BCUT2D eigenvalue weighted by molar-refractivity contribution is 5.84. The molecule has 1 amide bonds. The summed E-state index contributed by atoms with van der Waals surface area (Å²) in [6, 6.07) is 3.03. The Labute approximate surface area is 119 Å². The molecule has 0 saturated heterocycles. The molecule has 2 rings (SSSR count). The number of carbonyl (C=O) groups excluding carboxylic acids is 1. The zero-order valence-electron chi connectivity index (χ0n) is 12.5. The van der Waals surface area contributed by atoms with Gasteiger partial charge in [0.15, 0.2) is 0 Å². The highest BCUT2D eigenvalue weighted by Crippen LogP contribution is 2.59. The number of allylic oxidation sites excluding steroid dienone is 2. The fraction of sp³-hybridized carbons (Fsp3) is 0.562. The number of hydrogen-bond donors (Lipinski definition) is 2. The number of aliphatic hydroxyl groups is 1. The lowest BCUT2D eigenvalue weighted by Crippen LogP contribution is -2.32. The van der Waals surface area contributed by atoms with Gasteiger partial charge in [0.05, 0.1) is 18.8 Å². The summed E-state index contributed by atoms with van der Waals surface area (Å²) in [6.45, 7) is 8.12. The number of nitrogens with one attached hydrogen (secondary N) is 1. The first-order valence-corrected chi connectivity index (χ1v) is 6.97. The van der Waals surface area contributed by atoms with E-state index in [0.717, 1.165) is 0 Å². The van der Waals surface area contributed by atoms with Crippen molar-refractivity contribution in [2.24, 2.45) is 17.3 Å². The van der Waals surface area contributed by atoms with E-state index in [-0.39, 0.29) is 29.8 Å². The summed E-state index contributed by atoms with van der Waals surface area (Å²) in [5.74, 6) is 0.788. The maximum absolute atomic E-state index is 12.4. The minimum absolute atomic E-state index is 0.0204. The molecular formula is C16H23NO3. The molecule has 1 heterocycles. The predicted molar refractivity (Wildman–Crippen MR) is 76.9 cm³/mol. The molecule has 1 saturated carbocycles. The van der Waals surface area contributed by atoms with Crippen molar-refractivity contribution in [2.45, 2.75) is 33.7 Å². The number of hydrogen-bond acceptors (Lipinski definition) is 3. The molecule has 3 atom stereocenters. The zero-order valence-corrected chi connectivity index (χ0v) is 12.5. The van der Waals surface area contributed by atoms with Crippen LogP contribution in [-0.4, -0.2) is 17.6 Å². The van der Waals surface area contributed by atoms with E-state index in [0.29, 0.717) is 5.76 Å². The second-order valence-electron chi connectivity index (χ2n) is 6.33. The summed E-state index contributed by atoms with van der Waals surface area (Å²) in [4.78, 5) is 12.4. The molecule has 0 aromatic carbocycles. The molecule has 1 aliphatic rings. The standard InChI is InChI=1S/C16H23NO3/c1-10(2)8-11-14(16(11,3)4)15(19)17-12(9-18)13-6-5-7-20-13/h5-8,11-12,14,18H,9H2,1-4H3,(H,17,19). The molecule has 110 valence electrons. The maximum atomic E-state index is 12.4. The number of rotatable bonds is 5. The lowest BCUT2D eigenvalue weighted by atomic mass is 10.1. The van der Waals surface area contributed by atoms with Crippen LogP contribution in [0.3, 0.4) is 0 Å². The molecule has 1 aliphatic carbocycles. The van der Waals surface area contributed by atoms with Gasteiger partial charge in [-0.15, -0.1) is 0 Å². The summed E-state index contributed by atoms with van der Waals surface area (Å²) in [5, 5.41) is 12.3. The summed E-state index contributed by atoms with van der Waals surface area (Å²) in [6.07, 6.45) is 3.70. The van der Waals surface area contributed by atoms with Gasteiger partial charge in [-0.1, -0.05) is 25.5 Å². The molecule has 2 N–H and O–H groups in total. The molecule has 1 aromatic heterocycles. The molecule has 0 aliphatic heterocycles. The van der Waals surface area contributed by atoms with E-state index in [4.69, 9.17) is 4.42 Å². The molecule has 3 unspecified atom stereocenters. The normalized spacial score (nSPS) is 24.9. The predicted octanol–water partition coefficient (Wildman–Crippen LogP) is 2.67. The molecule has 4 nitrogen and oxygen atoms in total. The van der Waals surface area contributed by atoms with Crippen molar-refractivity contribution < 1.29 is 14.3 Å². The fourth-order valence-electron chi connectivity index (χ4n) is 2.81. The van der Waals surface area contributed by atoms with Gasteiger partial charge in [-0.25, -0.2) is 0 Å². The van der Waals surface area contributed by atoms with Gasteiger partial charge in [0.1, 0.15) is 11.8 Å². The van der Waals surface area contributed by atoms with Gasteiger partial charge in [0.2, 0.25) is 5.91 Å². The highest BCUT2D eigenvalue weighted by atomic mass is 16.3. The van der Waals surface area contributed by atoms with E-state index in [1.54, 1.807) is 12.1 Å². The van der Waals surface area contributed by atoms with Crippen molar-refractivity contribution in [2.75, 3.05) is 6.61 Å². The van der Waals surface area contributed by atoms with Gasteiger partial charge in [-0.2, -0.15) is 0 Å². The largest absolute Gasteiger partial charge is 0.467 e. The Hall–Kier alpha value is -1.55. The Kier molecular flexibility index (Phi) is 4.04. The maximum Gasteiger partial charge on any atom is 0.224 e. The summed E-state index contributed by atoms with van der Waals surface area (Å²) in [7, 11) is 0. The summed E-state index contributed by atoms with van der Waals surface area (Å²) < 4.78 is 5.24. The number of furan rings is 1. The molecule has 0 radical (unpaired) electrons. The van der Waals surface area contributed by atoms with Crippen molar-refractivity contribution in [3.05, 3.63) is 35.8 Å². The molecular weight excluding hydrogens is 254 g/mol. The van der Waals surface area contributed by atoms with Crippen molar-refractivity contribution in [1.82, 2.24) is 5.32 Å². The molecule has 0 bridgehead atoms. The average Bonchev–Trinajstić information content (AvgIpc) is 2.78. The first-order valence-electron chi connectivity index (χ1n) is 6.97. The molecule has 20 heavy (non-hydrogen) atoms. The van der Waals surface area contributed by atoms with Gasteiger partial charge in [-0.05, 0) is 37.3 Å². The van der Waals surface area contributed by atoms with Crippen molar-refractivity contribution in [3.63, 3.8) is 0 Å². The average molecular weight is 277 g/mol. The van der Waals surface area contributed by atoms with Gasteiger partial charge < -0.3 is 14.8 Å². The summed E-state index contributed by atoms with van der Waals surface area (Å²) in [5.41, 5.74) is 1.20. The topological polar surface area (TPSA) is 62.5 Å². The second kappa shape index (κ2) is 5.44. The number of amides is 1. The van der Waals surface area contributed by atoms with Gasteiger partial charge in [0, 0.05) is 0 Å². The van der Waals surface area contributed by atoms with Gasteiger partial charge >= 0.3 is 0 Å². The van der Waals surface area contributed by atoms with Crippen LogP contribution in [0.25, 0.3) is 0 Å². The first-order chi connectivity index (χ1) is 9.37. The highest BCUT2D eigenvalue weighted by Gasteiger charge is 2.60. The van der Waals surface area contributed by atoms with Crippen LogP contribution in [0, 0.1) is 17.3 Å². The van der Waals surface area contributed by atoms with E-state index >= 15 is 0 Å². The lowest BCUT2D eigenvalue weighted by Gasteiger charge is -2.14. The third-order valence-electron chi connectivity index (χ3n) is 4.09. The van der Waals surface area contributed by atoms with Crippen LogP contribution in [-0.2, 0) is 4.79 Å². The first kappa shape index (κ1) is 14.9. The summed E-state index contributed by atoms with van der Waals surface area (Å²) >= 11 is 0. The van der Waals surface area contributed by atoms with Crippen LogP contribution >= 0.6 is 0 Å². The van der Waals surface area contributed by atoms with Crippen LogP contribution < -0.4 is 5.32 Å². The smallest absolute Gasteiger partial charge is 0.224 e. The quantitative estimate of drug-likeness (QED) is 0.813. The van der Waals surface area contributed by atoms with Crippen molar-refractivity contribution in [1.29, 1.82) is 0 Å². The van der Waals surface area contributed by atoms with Gasteiger partial charge in [0.25, 0.3) is 0 Å². The SMILES string of the molecule is CC(C)=CC1C(C(=O)NC(CO)c2ccco2)C1(C)C. The van der Waals surface area contributed by atoms with Crippen LogP contribution in [0.1, 0.15) is 39.5 Å². The molecule has 1 fully saturated rings. The Balaban J connectivity index is 2.04. The van der Waals surface area contributed by atoms with Crippen LogP contribution in [0.4, 0.5) is 0 Å².